The fraction of sp³-hybridized carbons (Fsp3) is 1.00. The molecule has 0 spiro atoms. The van der Waals surface area contributed by atoms with Crippen molar-refractivity contribution in [2.75, 3.05) is 6.61 Å². The Labute approximate surface area is 88.1 Å². The van der Waals surface area contributed by atoms with Crippen LogP contribution in [0.4, 0.5) is 0 Å². The summed E-state index contributed by atoms with van der Waals surface area (Å²) in [6.07, 6.45) is 7.73. The van der Waals surface area contributed by atoms with Crippen molar-refractivity contribution in [3.63, 3.8) is 0 Å². The highest BCUT2D eigenvalue weighted by molar-refractivity contribution is 4.82. The Balaban J connectivity index is 2.39. The van der Waals surface area contributed by atoms with Gasteiger partial charge in [-0.1, -0.05) is 33.1 Å². The summed E-state index contributed by atoms with van der Waals surface area (Å²) in [5.41, 5.74) is 0. The van der Waals surface area contributed by atoms with Crippen LogP contribution in [0.2, 0.25) is 0 Å². The fourth-order valence-corrected chi connectivity index (χ4v) is 2.52. The van der Waals surface area contributed by atoms with E-state index in [0.717, 1.165) is 12.3 Å². The van der Waals surface area contributed by atoms with Gasteiger partial charge in [0.15, 0.2) is 0 Å². The van der Waals surface area contributed by atoms with E-state index in [4.69, 9.17) is 5.11 Å². The number of aliphatic hydroxyl groups is 1. The van der Waals surface area contributed by atoms with Crippen molar-refractivity contribution < 1.29 is 5.11 Å². The summed E-state index contributed by atoms with van der Waals surface area (Å²) in [5, 5.41) is 12.8. The Bertz CT molecular complexity index is 145. The van der Waals surface area contributed by atoms with E-state index < -0.39 is 0 Å². The first-order chi connectivity index (χ1) is 6.81. The first kappa shape index (κ1) is 12.0. The van der Waals surface area contributed by atoms with Crippen molar-refractivity contribution in [2.45, 2.75) is 64.5 Å². The smallest absolute Gasteiger partial charge is 0.0584 e. The SMILES string of the molecule is CCC(CO)NC1CCCCC1CC. The second-order valence-corrected chi connectivity index (χ2v) is 4.51. The molecule has 0 amide bonds. The number of hydrogen-bond donors (Lipinski definition) is 2. The molecule has 0 aromatic carbocycles. The van der Waals surface area contributed by atoms with Crippen molar-refractivity contribution in [3.05, 3.63) is 0 Å². The minimum Gasteiger partial charge on any atom is -0.395 e. The molecule has 14 heavy (non-hydrogen) atoms. The first-order valence-corrected chi connectivity index (χ1v) is 6.18. The molecule has 2 nitrogen and oxygen atoms in total. The summed E-state index contributed by atoms with van der Waals surface area (Å²) in [4.78, 5) is 0. The molecule has 2 N–H and O–H groups in total. The van der Waals surface area contributed by atoms with Gasteiger partial charge < -0.3 is 10.4 Å². The monoisotopic (exact) mass is 199 g/mol. The molecule has 1 fully saturated rings. The van der Waals surface area contributed by atoms with E-state index in [9.17, 15) is 0 Å². The van der Waals surface area contributed by atoms with Crippen LogP contribution in [-0.2, 0) is 0 Å². The lowest BCUT2D eigenvalue weighted by atomic mass is 9.82. The molecule has 0 aliphatic heterocycles. The summed E-state index contributed by atoms with van der Waals surface area (Å²) in [6, 6.07) is 0.970. The molecule has 0 saturated heterocycles. The average Bonchev–Trinajstić information content (AvgIpc) is 2.26. The highest BCUT2D eigenvalue weighted by Crippen LogP contribution is 2.27. The predicted molar refractivity (Wildman–Crippen MR) is 60.3 cm³/mol. The largest absolute Gasteiger partial charge is 0.395 e. The summed E-state index contributed by atoms with van der Waals surface area (Å²) >= 11 is 0. The second-order valence-electron chi connectivity index (χ2n) is 4.51. The van der Waals surface area contributed by atoms with Crippen molar-refractivity contribution in [2.24, 2.45) is 5.92 Å². The van der Waals surface area contributed by atoms with E-state index in [2.05, 4.69) is 19.2 Å². The molecular weight excluding hydrogens is 174 g/mol. The lowest BCUT2D eigenvalue weighted by Crippen LogP contribution is -2.45. The Morgan fingerprint density at radius 2 is 2.00 bits per heavy atom. The molecule has 0 bridgehead atoms. The van der Waals surface area contributed by atoms with Gasteiger partial charge in [-0.15, -0.1) is 0 Å². The molecule has 0 heterocycles. The standard InChI is InChI=1S/C12H25NO/c1-3-10-7-5-6-8-12(10)13-11(4-2)9-14/h10-14H,3-9H2,1-2H3. The lowest BCUT2D eigenvalue weighted by molar-refractivity contribution is 0.184. The van der Waals surface area contributed by atoms with Gasteiger partial charge in [-0.2, -0.15) is 0 Å². The summed E-state index contributed by atoms with van der Waals surface area (Å²) in [6.45, 7) is 4.70. The van der Waals surface area contributed by atoms with Crippen LogP contribution in [0.1, 0.15) is 52.4 Å². The Morgan fingerprint density at radius 1 is 1.29 bits per heavy atom. The topological polar surface area (TPSA) is 32.3 Å². The highest BCUT2D eigenvalue weighted by Gasteiger charge is 2.24. The van der Waals surface area contributed by atoms with Crippen LogP contribution in [0, 0.1) is 5.92 Å². The molecule has 1 aliphatic carbocycles. The molecule has 1 aliphatic rings. The van der Waals surface area contributed by atoms with Gasteiger partial charge in [0.25, 0.3) is 0 Å². The number of rotatable bonds is 5. The van der Waals surface area contributed by atoms with E-state index >= 15 is 0 Å². The fourth-order valence-electron chi connectivity index (χ4n) is 2.52. The third-order valence-electron chi connectivity index (χ3n) is 3.60. The zero-order valence-electron chi connectivity index (χ0n) is 9.63. The highest BCUT2D eigenvalue weighted by atomic mass is 16.3. The third kappa shape index (κ3) is 3.25. The molecule has 3 unspecified atom stereocenters. The minimum absolute atomic E-state index is 0.281. The number of aliphatic hydroxyl groups excluding tert-OH is 1. The molecule has 1 saturated carbocycles. The van der Waals surface area contributed by atoms with Crippen molar-refractivity contribution in [1.29, 1.82) is 0 Å². The maximum Gasteiger partial charge on any atom is 0.0584 e. The Hall–Kier alpha value is -0.0800. The zero-order valence-corrected chi connectivity index (χ0v) is 9.63. The maximum absolute atomic E-state index is 9.15. The van der Waals surface area contributed by atoms with Gasteiger partial charge in [-0.3, -0.25) is 0 Å². The van der Waals surface area contributed by atoms with E-state index in [1.165, 1.54) is 32.1 Å². The first-order valence-electron chi connectivity index (χ1n) is 6.18. The normalized spacial score (nSPS) is 30.2. The van der Waals surface area contributed by atoms with Crippen molar-refractivity contribution in [3.8, 4) is 0 Å². The van der Waals surface area contributed by atoms with Gasteiger partial charge in [0, 0.05) is 12.1 Å². The summed E-state index contributed by atoms with van der Waals surface area (Å²) in [7, 11) is 0. The van der Waals surface area contributed by atoms with Crippen LogP contribution in [0.25, 0.3) is 0 Å². The summed E-state index contributed by atoms with van der Waals surface area (Å²) < 4.78 is 0. The Kier molecular flexibility index (Phi) is 5.49. The molecular formula is C12H25NO. The average molecular weight is 199 g/mol. The quantitative estimate of drug-likeness (QED) is 0.712. The van der Waals surface area contributed by atoms with Gasteiger partial charge in [0.1, 0.15) is 0 Å². The molecule has 0 aromatic heterocycles. The van der Waals surface area contributed by atoms with Crippen molar-refractivity contribution >= 4 is 0 Å². The second kappa shape index (κ2) is 6.41. The van der Waals surface area contributed by atoms with Crippen LogP contribution in [-0.4, -0.2) is 23.8 Å². The van der Waals surface area contributed by atoms with Crippen LogP contribution in [0.15, 0.2) is 0 Å². The van der Waals surface area contributed by atoms with Gasteiger partial charge in [-0.25, -0.2) is 0 Å². The third-order valence-corrected chi connectivity index (χ3v) is 3.60. The van der Waals surface area contributed by atoms with Gasteiger partial charge in [0.05, 0.1) is 6.61 Å². The summed E-state index contributed by atoms with van der Waals surface area (Å²) in [5.74, 6) is 0.837. The number of hydrogen-bond acceptors (Lipinski definition) is 2. The molecule has 2 heteroatoms. The lowest BCUT2D eigenvalue weighted by Gasteiger charge is -2.34. The van der Waals surface area contributed by atoms with E-state index in [-0.39, 0.29) is 6.61 Å². The minimum atomic E-state index is 0.281. The van der Waals surface area contributed by atoms with Crippen molar-refractivity contribution in [1.82, 2.24) is 5.32 Å². The predicted octanol–water partition coefficient (Wildman–Crippen LogP) is 2.32. The van der Waals surface area contributed by atoms with E-state index in [1.54, 1.807) is 0 Å². The molecule has 0 radical (unpaired) electrons. The van der Waals surface area contributed by atoms with Crippen LogP contribution >= 0.6 is 0 Å². The van der Waals surface area contributed by atoms with Crippen LogP contribution in [0.5, 0.6) is 0 Å². The van der Waals surface area contributed by atoms with Gasteiger partial charge >= 0.3 is 0 Å². The maximum atomic E-state index is 9.15. The molecule has 3 atom stereocenters. The number of nitrogens with one attached hydrogen (secondary N) is 1. The molecule has 1 rings (SSSR count). The van der Waals surface area contributed by atoms with Crippen LogP contribution in [0.3, 0.4) is 0 Å². The van der Waals surface area contributed by atoms with Crippen LogP contribution < -0.4 is 5.32 Å². The Morgan fingerprint density at radius 3 is 2.57 bits per heavy atom. The van der Waals surface area contributed by atoms with E-state index in [1.807, 2.05) is 0 Å². The van der Waals surface area contributed by atoms with Gasteiger partial charge in [0.2, 0.25) is 0 Å². The van der Waals surface area contributed by atoms with E-state index in [0.29, 0.717) is 12.1 Å². The molecule has 0 aromatic rings. The van der Waals surface area contributed by atoms with Gasteiger partial charge in [-0.05, 0) is 25.2 Å². The molecule has 84 valence electrons. The zero-order chi connectivity index (χ0) is 10.4.